The molecule has 0 aliphatic carbocycles. The Bertz CT molecular complexity index is 452. The van der Waals surface area contributed by atoms with Gasteiger partial charge in [-0.1, -0.05) is 85.1 Å². The van der Waals surface area contributed by atoms with Crippen LogP contribution in [0.3, 0.4) is 0 Å². The van der Waals surface area contributed by atoms with Crippen LogP contribution in [0.4, 0.5) is 0 Å². The van der Waals surface area contributed by atoms with Crippen molar-refractivity contribution in [3.8, 4) is 0 Å². The van der Waals surface area contributed by atoms with Gasteiger partial charge in [0.2, 0.25) is 0 Å². The summed E-state index contributed by atoms with van der Waals surface area (Å²) in [7, 11) is -5.19. The quantitative estimate of drug-likeness (QED) is 0.249. The molecule has 0 bridgehead atoms. The van der Waals surface area contributed by atoms with Gasteiger partial charge in [0, 0.05) is 43.0 Å². The maximum Gasteiger partial charge on any atom is 0.333 e. The van der Waals surface area contributed by atoms with E-state index in [9.17, 15) is 4.79 Å². The van der Waals surface area contributed by atoms with Crippen molar-refractivity contribution in [2.45, 2.75) is 90.7 Å². The molecule has 0 atom stereocenters. The highest BCUT2D eigenvalue weighted by Crippen LogP contribution is 2.40. The fourth-order valence-electron chi connectivity index (χ4n) is 5.61. The van der Waals surface area contributed by atoms with E-state index in [0.717, 1.165) is 6.04 Å². The van der Waals surface area contributed by atoms with E-state index in [1.165, 1.54) is 6.04 Å². The van der Waals surface area contributed by atoms with Gasteiger partial charge in [0.1, 0.15) is 0 Å². The molecule has 0 fully saturated rings. The second-order valence-electron chi connectivity index (χ2n) is 11.9. The minimum atomic E-state index is -1.43. The van der Waals surface area contributed by atoms with Gasteiger partial charge in [0.25, 0.3) is 0 Å². The van der Waals surface area contributed by atoms with Gasteiger partial charge >= 0.3 is 5.97 Å². The molecular weight excluding hydrogens is 389 g/mol. The van der Waals surface area contributed by atoms with Crippen LogP contribution >= 0.6 is 0 Å². The van der Waals surface area contributed by atoms with Crippen molar-refractivity contribution in [3.63, 3.8) is 0 Å². The van der Waals surface area contributed by atoms with Crippen molar-refractivity contribution in [1.82, 2.24) is 0 Å². The number of rotatable bonds is 9. The number of hydrogen-bond donors (Lipinski definition) is 0. The summed E-state index contributed by atoms with van der Waals surface area (Å²) < 4.78 is 5.78. The van der Waals surface area contributed by atoms with E-state index in [-0.39, 0.29) is 5.97 Å². The first kappa shape index (κ1) is 25.3. The van der Waals surface area contributed by atoms with Crippen LogP contribution in [-0.4, -0.2) is 50.1 Å². The minimum absolute atomic E-state index is 0.146. The molecule has 0 radical (unpaired) electrons. The molecule has 0 aliphatic rings. The monoisotopic (exact) mass is 432 g/mol. The number of carbonyl (C=O) groups is 1. The normalized spacial score (nSPS) is 14.4. The Morgan fingerprint density at radius 1 is 0.760 bits per heavy atom. The molecule has 0 unspecified atom stereocenters. The van der Waals surface area contributed by atoms with Gasteiger partial charge in [0.15, 0.2) is 0 Å². The Morgan fingerprint density at radius 3 is 1.40 bits per heavy atom. The van der Waals surface area contributed by atoms with Crippen molar-refractivity contribution in [2.75, 3.05) is 6.61 Å². The zero-order chi connectivity index (χ0) is 20.5. The lowest BCUT2D eigenvalue weighted by Crippen LogP contribution is -2.82. The van der Waals surface area contributed by atoms with E-state index >= 15 is 0 Å². The van der Waals surface area contributed by atoms with E-state index < -0.39 is 37.5 Å². The molecule has 0 spiro atoms. The van der Waals surface area contributed by atoms with Gasteiger partial charge in [0.05, 0.1) is 6.61 Å². The molecule has 2 nitrogen and oxygen atoms in total. The fourth-order valence-corrected chi connectivity index (χ4v) is 105. The summed E-state index contributed by atoms with van der Waals surface area (Å²) in [5.74, 6) is -0.146. The lowest BCUT2D eigenvalue weighted by atomic mass is 10.4. The van der Waals surface area contributed by atoms with Crippen LogP contribution in [0.25, 0.3) is 0 Å². The first-order valence-corrected chi connectivity index (χ1v) is 29.0. The third-order valence-electron chi connectivity index (χ3n) is 5.58. The summed E-state index contributed by atoms with van der Waals surface area (Å²) >= 11 is 0. The largest absolute Gasteiger partial charge is 0.463 e. The molecule has 0 saturated carbocycles. The van der Waals surface area contributed by atoms with E-state index in [1.807, 2.05) is 0 Å². The molecule has 148 valence electrons. The molecule has 7 heteroatoms. The first-order valence-electron chi connectivity index (χ1n) is 9.61. The number of carbonyl (C=O) groups excluding carboxylic acids is 1. The second kappa shape index (κ2) is 8.12. The van der Waals surface area contributed by atoms with Crippen LogP contribution in [-0.2, 0) is 9.53 Å². The summed E-state index contributed by atoms with van der Waals surface area (Å²) in [5, 5.41) is 0. The predicted molar refractivity (Wildman–Crippen MR) is 129 cm³/mol. The van der Waals surface area contributed by atoms with Gasteiger partial charge in [-0.25, -0.2) is 4.79 Å². The lowest BCUT2D eigenvalue weighted by molar-refractivity contribution is -0.138. The van der Waals surface area contributed by atoms with Gasteiger partial charge in [-0.2, -0.15) is 0 Å². The molecule has 0 heterocycles. The van der Waals surface area contributed by atoms with Crippen LogP contribution in [0.1, 0.15) is 0 Å². The SMILES string of the molecule is C=C(C[Si](C)(C)C)C(=O)OCC[Si]([Si](C)(C)C)([Si](C)(C)C)[Si](C)(C)C. The summed E-state index contributed by atoms with van der Waals surface area (Å²) in [4.78, 5) is 12.4. The van der Waals surface area contributed by atoms with Crippen molar-refractivity contribution < 1.29 is 9.53 Å². The molecule has 0 aromatic rings. The van der Waals surface area contributed by atoms with Gasteiger partial charge in [-0.15, -0.1) is 0 Å². The van der Waals surface area contributed by atoms with E-state index in [1.54, 1.807) is 0 Å². The van der Waals surface area contributed by atoms with Gasteiger partial charge in [-0.05, 0) is 12.1 Å². The van der Waals surface area contributed by atoms with E-state index in [4.69, 9.17) is 4.74 Å². The highest BCUT2D eigenvalue weighted by molar-refractivity contribution is 7.89. The molecule has 0 rings (SSSR count). The Morgan fingerprint density at radius 2 is 1.12 bits per heavy atom. The average molecular weight is 433 g/mol. The highest BCUT2D eigenvalue weighted by atomic mass is 29.9. The maximum absolute atomic E-state index is 12.4. The lowest BCUT2D eigenvalue weighted by Gasteiger charge is -2.57. The van der Waals surface area contributed by atoms with Crippen LogP contribution in [0, 0.1) is 0 Å². The summed E-state index contributed by atoms with van der Waals surface area (Å²) in [6.45, 7) is 33.3. The zero-order valence-electron chi connectivity index (χ0n) is 19.1. The summed E-state index contributed by atoms with van der Waals surface area (Å²) in [5.41, 5.74) is 0.681. The minimum Gasteiger partial charge on any atom is -0.463 e. The van der Waals surface area contributed by atoms with Gasteiger partial charge in [-0.3, -0.25) is 0 Å². The van der Waals surface area contributed by atoms with Crippen molar-refractivity contribution in [3.05, 3.63) is 12.2 Å². The van der Waals surface area contributed by atoms with Crippen molar-refractivity contribution in [2.24, 2.45) is 0 Å². The number of esters is 1. The Kier molecular flexibility index (Phi) is 8.21. The molecule has 0 aromatic heterocycles. The van der Waals surface area contributed by atoms with Crippen LogP contribution < -0.4 is 0 Å². The smallest absolute Gasteiger partial charge is 0.333 e. The zero-order valence-corrected chi connectivity index (χ0v) is 24.1. The molecule has 0 aromatic carbocycles. The third-order valence-corrected chi connectivity index (χ3v) is 81.5. The Hall–Kier alpha value is 0.294. The summed E-state index contributed by atoms with van der Waals surface area (Å²) in [6, 6.07) is 2.02. The molecule has 0 saturated heterocycles. The molecule has 0 aliphatic heterocycles. The topological polar surface area (TPSA) is 26.3 Å². The molecule has 0 N–H and O–H groups in total. The van der Waals surface area contributed by atoms with E-state index in [2.05, 4.69) is 85.1 Å². The molecular formula is C18H44O2Si5. The Labute approximate surface area is 162 Å². The summed E-state index contributed by atoms with van der Waals surface area (Å²) in [6.07, 6.45) is 0. The highest BCUT2D eigenvalue weighted by Gasteiger charge is 2.60. The standard InChI is InChI=1S/C18H44O2Si5/c1-17(16-21(2,3)4)18(19)20-14-15-25(22(5,6)7,23(8,9)10)24(11,12)13/h1,14-16H2,2-13H3. The van der Waals surface area contributed by atoms with Crippen LogP contribution in [0.15, 0.2) is 12.2 Å². The Balaban J connectivity index is 5.35. The first-order chi connectivity index (χ1) is 10.8. The second-order valence-corrected chi connectivity index (χ2v) is 58.8. The third kappa shape index (κ3) is 6.44. The van der Waals surface area contributed by atoms with Gasteiger partial charge < -0.3 is 4.74 Å². The number of ether oxygens (including phenoxy) is 1. The van der Waals surface area contributed by atoms with Crippen molar-refractivity contribution >= 4 is 43.4 Å². The fraction of sp³-hybridized carbons (Fsp3) is 0.833. The number of hydrogen-bond acceptors (Lipinski definition) is 2. The average Bonchev–Trinajstić information content (AvgIpc) is 2.26. The van der Waals surface area contributed by atoms with Crippen molar-refractivity contribution in [1.29, 1.82) is 0 Å². The molecule has 25 heavy (non-hydrogen) atoms. The molecule has 0 amide bonds. The van der Waals surface area contributed by atoms with Crippen LogP contribution in [0.5, 0.6) is 0 Å². The predicted octanol–water partition coefficient (Wildman–Crippen LogP) is 6.12. The van der Waals surface area contributed by atoms with E-state index in [0.29, 0.717) is 12.2 Å². The maximum atomic E-state index is 12.4. The van der Waals surface area contributed by atoms with Crippen LogP contribution in [0.2, 0.25) is 90.7 Å².